The number of hydrogen-bond acceptors (Lipinski definition) is 2. The van der Waals surface area contributed by atoms with Gasteiger partial charge in [-0.1, -0.05) is 255 Å². The standard InChI is InChI=1S/C73H52N2Si/c1-7-23-53(24-8-1)54-39-44-60(45-40-54)74(62-48-49-66-65-35-19-20-36-67(65)73(68(66)52-62,57-25-9-2-10-26-57)58-27-11-3-12-28-58)61-46-41-55(42-47-61)56-43-50-72-70(51-56)75(59-29-13-4-14-30-59)69-37-21-22-38-71(69)76(72,63-31-15-5-16-32-63)64-33-17-6-18-34-64/h1-52H. The smallest absolute Gasteiger partial charge is 0.184 e. The van der Waals surface area contributed by atoms with Gasteiger partial charge in [0.25, 0.3) is 0 Å². The summed E-state index contributed by atoms with van der Waals surface area (Å²) in [6, 6.07) is 117. The first kappa shape index (κ1) is 45.1. The molecule has 2 nitrogen and oxygen atoms in total. The summed E-state index contributed by atoms with van der Waals surface area (Å²) >= 11 is 0. The highest BCUT2D eigenvalue weighted by molar-refractivity contribution is 7.21. The van der Waals surface area contributed by atoms with Gasteiger partial charge in [-0.05, 0) is 137 Å². The zero-order valence-electron chi connectivity index (χ0n) is 41.9. The van der Waals surface area contributed by atoms with E-state index in [1.165, 1.54) is 82.2 Å². The average molecular weight is 985 g/mol. The van der Waals surface area contributed by atoms with Crippen molar-refractivity contribution < 1.29 is 0 Å². The number of anilines is 6. The molecule has 3 heteroatoms. The highest BCUT2D eigenvalue weighted by Gasteiger charge is 2.49. The Morgan fingerprint density at radius 1 is 0.289 bits per heavy atom. The van der Waals surface area contributed by atoms with Gasteiger partial charge < -0.3 is 9.80 Å². The van der Waals surface area contributed by atoms with Crippen LogP contribution < -0.4 is 30.5 Å². The lowest BCUT2D eigenvalue weighted by Crippen LogP contribution is -2.77. The molecule has 12 aromatic carbocycles. The third kappa shape index (κ3) is 7.16. The monoisotopic (exact) mass is 984 g/mol. The van der Waals surface area contributed by atoms with E-state index in [-0.39, 0.29) is 0 Å². The molecule has 2 aliphatic rings. The zero-order chi connectivity index (χ0) is 50.5. The van der Waals surface area contributed by atoms with Crippen molar-refractivity contribution in [3.05, 3.63) is 338 Å². The van der Waals surface area contributed by atoms with E-state index >= 15 is 0 Å². The number of para-hydroxylation sites is 2. The van der Waals surface area contributed by atoms with Crippen LogP contribution in [0.25, 0.3) is 33.4 Å². The maximum Gasteiger partial charge on any atom is 0.184 e. The molecule has 0 saturated carbocycles. The van der Waals surface area contributed by atoms with Crippen molar-refractivity contribution in [1.82, 2.24) is 0 Å². The molecule has 0 spiro atoms. The van der Waals surface area contributed by atoms with E-state index in [0.717, 1.165) is 28.3 Å². The van der Waals surface area contributed by atoms with Gasteiger partial charge in [0, 0.05) is 34.1 Å². The third-order valence-corrected chi connectivity index (χ3v) is 20.9. The number of fused-ring (bicyclic) bond motifs is 5. The van der Waals surface area contributed by atoms with Crippen molar-refractivity contribution in [2.24, 2.45) is 0 Å². The van der Waals surface area contributed by atoms with Crippen LogP contribution in [0.3, 0.4) is 0 Å². The van der Waals surface area contributed by atoms with Gasteiger partial charge in [-0.15, -0.1) is 0 Å². The minimum absolute atomic E-state index is 0.529. The lowest BCUT2D eigenvalue weighted by Gasteiger charge is -2.45. The fourth-order valence-corrected chi connectivity index (χ4v) is 17.8. The van der Waals surface area contributed by atoms with Gasteiger partial charge in [0.1, 0.15) is 0 Å². The summed E-state index contributed by atoms with van der Waals surface area (Å²) in [5, 5.41) is 5.50. The number of benzene rings is 12. The molecule has 0 aromatic heterocycles. The van der Waals surface area contributed by atoms with Crippen molar-refractivity contribution in [2.45, 2.75) is 5.41 Å². The molecule has 1 aliphatic heterocycles. The maximum atomic E-state index is 2.50. The van der Waals surface area contributed by atoms with Crippen molar-refractivity contribution in [1.29, 1.82) is 0 Å². The topological polar surface area (TPSA) is 6.48 Å². The van der Waals surface area contributed by atoms with E-state index in [0.29, 0.717) is 0 Å². The first-order chi connectivity index (χ1) is 37.7. The van der Waals surface area contributed by atoms with Crippen LogP contribution in [0.2, 0.25) is 0 Å². The van der Waals surface area contributed by atoms with Crippen molar-refractivity contribution in [2.75, 3.05) is 9.80 Å². The summed E-state index contributed by atoms with van der Waals surface area (Å²) in [6.07, 6.45) is 0. The molecule has 0 unspecified atom stereocenters. The summed E-state index contributed by atoms with van der Waals surface area (Å²) in [5.41, 5.74) is 18.6. The number of rotatable bonds is 10. The van der Waals surface area contributed by atoms with Crippen LogP contribution in [-0.2, 0) is 5.41 Å². The lowest BCUT2D eigenvalue weighted by molar-refractivity contribution is 0.768. The van der Waals surface area contributed by atoms with Crippen LogP contribution >= 0.6 is 0 Å². The van der Waals surface area contributed by atoms with Crippen LogP contribution in [0.1, 0.15) is 22.3 Å². The first-order valence-electron chi connectivity index (χ1n) is 26.3. The predicted molar refractivity (Wildman–Crippen MR) is 321 cm³/mol. The summed E-state index contributed by atoms with van der Waals surface area (Å²) in [7, 11) is -2.83. The van der Waals surface area contributed by atoms with E-state index in [4.69, 9.17) is 0 Å². The average Bonchev–Trinajstić information content (AvgIpc) is 4.00. The second-order valence-corrected chi connectivity index (χ2v) is 23.7. The Kier molecular flexibility index (Phi) is 11.1. The van der Waals surface area contributed by atoms with Crippen LogP contribution in [0.4, 0.5) is 34.1 Å². The molecule has 0 N–H and O–H groups in total. The van der Waals surface area contributed by atoms with Crippen LogP contribution in [-0.4, -0.2) is 8.07 Å². The minimum atomic E-state index is -2.83. The molecule has 0 fully saturated rings. The fraction of sp³-hybridized carbons (Fsp3) is 0.0137. The Bertz CT molecular complexity index is 3940. The Hall–Kier alpha value is -9.54. The summed E-state index contributed by atoms with van der Waals surface area (Å²) in [4.78, 5) is 4.93. The normalized spacial score (nSPS) is 13.4. The lowest BCUT2D eigenvalue weighted by atomic mass is 9.67. The second kappa shape index (κ2) is 18.7. The Morgan fingerprint density at radius 3 is 1.33 bits per heavy atom. The van der Waals surface area contributed by atoms with Gasteiger partial charge in [-0.3, -0.25) is 0 Å². The van der Waals surface area contributed by atoms with Crippen molar-refractivity contribution in [3.63, 3.8) is 0 Å². The highest BCUT2D eigenvalue weighted by Crippen LogP contribution is 2.57. The van der Waals surface area contributed by atoms with E-state index < -0.39 is 13.5 Å². The maximum absolute atomic E-state index is 2.83. The van der Waals surface area contributed by atoms with Crippen LogP contribution in [0.15, 0.2) is 315 Å². The van der Waals surface area contributed by atoms with Crippen molar-refractivity contribution >= 4 is 62.9 Å². The molecule has 1 aliphatic carbocycles. The molecule has 14 rings (SSSR count). The predicted octanol–water partition coefficient (Wildman–Crippen LogP) is 16.0. The molecule has 358 valence electrons. The molecule has 1 heterocycles. The van der Waals surface area contributed by atoms with Gasteiger partial charge in [-0.25, -0.2) is 0 Å². The second-order valence-electron chi connectivity index (χ2n) is 20.0. The van der Waals surface area contributed by atoms with Gasteiger partial charge >= 0.3 is 0 Å². The molecule has 0 amide bonds. The zero-order valence-corrected chi connectivity index (χ0v) is 42.9. The van der Waals surface area contributed by atoms with Crippen LogP contribution in [0, 0.1) is 0 Å². The van der Waals surface area contributed by atoms with Gasteiger partial charge in [0.2, 0.25) is 0 Å². The summed E-state index contributed by atoms with van der Waals surface area (Å²) in [6.45, 7) is 0. The molecule has 0 bridgehead atoms. The van der Waals surface area contributed by atoms with Crippen LogP contribution in [0.5, 0.6) is 0 Å². The van der Waals surface area contributed by atoms with E-state index in [9.17, 15) is 0 Å². The van der Waals surface area contributed by atoms with E-state index in [1.807, 2.05) is 0 Å². The quantitative estimate of drug-likeness (QED) is 0.126. The molecular formula is C73H52N2Si. The molecule has 0 radical (unpaired) electrons. The van der Waals surface area contributed by atoms with Gasteiger partial charge in [-0.2, -0.15) is 0 Å². The fourth-order valence-electron chi connectivity index (χ4n) is 12.7. The Balaban J connectivity index is 0.941. The number of hydrogen-bond donors (Lipinski definition) is 0. The van der Waals surface area contributed by atoms with Gasteiger partial charge in [0.05, 0.1) is 5.41 Å². The molecular weight excluding hydrogens is 933 g/mol. The minimum Gasteiger partial charge on any atom is -0.311 e. The number of nitrogens with zero attached hydrogens (tertiary/aromatic N) is 2. The third-order valence-electron chi connectivity index (χ3n) is 16.0. The first-order valence-corrected chi connectivity index (χ1v) is 28.3. The highest BCUT2D eigenvalue weighted by atomic mass is 28.3. The Morgan fingerprint density at radius 2 is 0.724 bits per heavy atom. The van der Waals surface area contributed by atoms with Gasteiger partial charge in [0.15, 0.2) is 8.07 Å². The van der Waals surface area contributed by atoms with Crippen molar-refractivity contribution in [3.8, 4) is 33.4 Å². The molecule has 76 heavy (non-hydrogen) atoms. The SMILES string of the molecule is c1ccc(-c2ccc(N(c3ccc(-c4ccc5c(c4)N(c4ccccc4)c4ccccc4[Si]5(c4ccccc4)c4ccccc4)cc3)c3ccc4c(c3)C(c3ccccc3)(c3ccccc3)c3ccccc3-4)cc2)cc1. The molecule has 12 aromatic rings. The summed E-state index contributed by atoms with van der Waals surface area (Å²) in [5.74, 6) is 0. The summed E-state index contributed by atoms with van der Waals surface area (Å²) < 4.78 is 0. The van der Waals surface area contributed by atoms with E-state index in [1.54, 1.807) is 0 Å². The molecule has 0 saturated heterocycles. The largest absolute Gasteiger partial charge is 0.311 e. The Labute approximate surface area is 446 Å². The van der Waals surface area contributed by atoms with E-state index in [2.05, 4.69) is 325 Å². The molecule has 0 atom stereocenters.